The second-order valence-corrected chi connectivity index (χ2v) is 2.55. The lowest BCUT2D eigenvalue weighted by molar-refractivity contribution is 0.899. The van der Waals surface area contributed by atoms with Crippen LogP contribution in [0.15, 0.2) is 18.3 Å². The topological polar surface area (TPSA) is 4.93 Å². The van der Waals surface area contributed by atoms with Gasteiger partial charge in [-0.15, -0.1) is 0 Å². The molecule has 0 aliphatic carbocycles. The van der Waals surface area contributed by atoms with Crippen LogP contribution >= 0.6 is 22.6 Å². The molecule has 1 aromatic rings. The predicted molar refractivity (Wildman–Crippen MR) is 38.1 cm³/mol. The van der Waals surface area contributed by atoms with Gasteiger partial charge in [0.05, 0.1) is 3.70 Å². The molecular weight excluding hydrogens is 201 g/mol. The minimum absolute atomic E-state index is 1.28. The molecular formula is C5H6IN. The molecule has 0 saturated heterocycles. The Hall–Kier alpha value is 0.01000. The van der Waals surface area contributed by atoms with E-state index in [4.69, 9.17) is 0 Å². The average Bonchev–Trinajstić information content (AvgIpc) is 1.91. The van der Waals surface area contributed by atoms with E-state index in [2.05, 4.69) is 33.2 Å². The first kappa shape index (κ1) is 5.15. The van der Waals surface area contributed by atoms with Crippen LogP contribution in [0.4, 0.5) is 0 Å². The van der Waals surface area contributed by atoms with Gasteiger partial charge in [-0.3, -0.25) is 0 Å². The van der Waals surface area contributed by atoms with E-state index in [1.165, 1.54) is 3.70 Å². The van der Waals surface area contributed by atoms with E-state index in [0.717, 1.165) is 0 Å². The average molecular weight is 207 g/mol. The first-order valence-electron chi connectivity index (χ1n) is 2.07. The Morgan fingerprint density at radius 2 is 2.43 bits per heavy atom. The smallest absolute Gasteiger partial charge is 0.0795 e. The third-order valence-electron chi connectivity index (χ3n) is 0.880. The van der Waals surface area contributed by atoms with Crippen LogP contribution in [0, 0.1) is 3.70 Å². The third-order valence-corrected chi connectivity index (χ3v) is 2.00. The zero-order valence-corrected chi connectivity index (χ0v) is 6.21. The van der Waals surface area contributed by atoms with Crippen molar-refractivity contribution in [2.45, 2.75) is 0 Å². The van der Waals surface area contributed by atoms with Crippen LogP contribution in [-0.4, -0.2) is 4.57 Å². The van der Waals surface area contributed by atoms with E-state index in [0.29, 0.717) is 0 Å². The largest absolute Gasteiger partial charge is 0.346 e. The molecule has 0 aromatic carbocycles. The SMILES string of the molecule is Cn1cccc1I. The summed E-state index contributed by atoms with van der Waals surface area (Å²) >= 11 is 2.28. The fourth-order valence-corrected chi connectivity index (χ4v) is 0.809. The van der Waals surface area contributed by atoms with E-state index < -0.39 is 0 Å². The molecule has 1 nitrogen and oxygen atoms in total. The normalized spacial score (nSPS) is 9.43. The van der Waals surface area contributed by atoms with Crippen LogP contribution in [0.2, 0.25) is 0 Å². The summed E-state index contributed by atoms with van der Waals surface area (Å²) < 4.78 is 3.35. The van der Waals surface area contributed by atoms with Gasteiger partial charge in [-0.1, -0.05) is 0 Å². The summed E-state index contributed by atoms with van der Waals surface area (Å²) in [5.41, 5.74) is 0. The maximum absolute atomic E-state index is 2.28. The Morgan fingerprint density at radius 3 is 2.57 bits per heavy atom. The molecule has 0 aliphatic heterocycles. The molecule has 7 heavy (non-hydrogen) atoms. The van der Waals surface area contributed by atoms with Crippen LogP contribution < -0.4 is 0 Å². The molecule has 1 rings (SSSR count). The second-order valence-electron chi connectivity index (χ2n) is 1.44. The molecule has 0 N–H and O–H groups in total. The molecule has 1 heterocycles. The van der Waals surface area contributed by atoms with Gasteiger partial charge in [0.25, 0.3) is 0 Å². The molecule has 0 unspecified atom stereocenters. The number of nitrogens with zero attached hydrogens (tertiary/aromatic N) is 1. The number of hydrogen-bond acceptors (Lipinski definition) is 0. The van der Waals surface area contributed by atoms with Crippen molar-refractivity contribution < 1.29 is 0 Å². The van der Waals surface area contributed by atoms with Crippen molar-refractivity contribution in [3.05, 3.63) is 22.0 Å². The third kappa shape index (κ3) is 0.964. The van der Waals surface area contributed by atoms with Gasteiger partial charge in [0, 0.05) is 13.2 Å². The van der Waals surface area contributed by atoms with Gasteiger partial charge in [-0.2, -0.15) is 0 Å². The van der Waals surface area contributed by atoms with Gasteiger partial charge in [-0.25, -0.2) is 0 Å². The quantitative estimate of drug-likeness (QED) is 0.569. The van der Waals surface area contributed by atoms with Crippen molar-refractivity contribution in [2.24, 2.45) is 7.05 Å². The summed E-state index contributed by atoms with van der Waals surface area (Å²) in [6.07, 6.45) is 2.03. The van der Waals surface area contributed by atoms with Crippen LogP contribution in [0.1, 0.15) is 0 Å². The number of aryl methyl sites for hydroxylation is 1. The Balaban J connectivity index is 3.12. The Bertz CT molecular complexity index is 140. The molecule has 0 aliphatic rings. The van der Waals surface area contributed by atoms with Gasteiger partial charge in [0.15, 0.2) is 0 Å². The van der Waals surface area contributed by atoms with Crippen molar-refractivity contribution >= 4 is 22.6 Å². The van der Waals surface area contributed by atoms with Crippen LogP contribution in [-0.2, 0) is 7.05 Å². The minimum atomic E-state index is 1.28. The maximum atomic E-state index is 2.28. The fraction of sp³-hybridized carbons (Fsp3) is 0.200. The highest BCUT2D eigenvalue weighted by atomic mass is 127. The fourth-order valence-electron chi connectivity index (χ4n) is 0.440. The van der Waals surface area contributed by atoms with Crippen LogP contribution in [0.3, 0.4) is 0 Å². The lowest BCUT2D eigenvalue weighted by Crippen LogP contribution is -1.84. The van der Waals surface area contributed by atoms with E-state index in [9.17, 15) is 0 Å². The van der Waals surface area contributed by atoms with Gasteiger partial charge in [0.1, 0.15) is 0 Å². The highest BCUT2D eigenvalue weighted by Crippen LogP contribution is 2.01. The van der Waals surface area contributed by atoms with E-state index in [1.807, 2.05) is 19.3 Å². The van der Waals surface area contributed by atoms with Crippen LogP contribution in [0.25, 0.3) is 0 Å². The second kappa shape index (κ2) is 1.86. The standard InChI is InChI=1S/C5H6IN/c1-7-4-2-3-5(7)6/h2-4H,1H3. The highest BCUT2D eigenvalue weighted by Gasteiger charge is 1.84. The molecule has 0 atom stereocenters. The van der Waals surface area contributed by atoms with E-state index >= 15 is 0 Å². The molecule has 1 aromatic heterocycles. The molecule has 0 amide bonds. The molecule has 0 radical (unpaired) electrons. The summed E-state index contributed by atoms with van der Waals surface area (Å²) in [6.45, 7) is 0. The zero-order chi connectivity index (χ0) is 5.28. The minimum Gasteiger partial charge on any atom is -0.346 e. The number of rotatable bonds is 0. The Labute approximate surface area is 56.5 Å². The van der Waals surface area contributed by atoms with E-state index in [-0.39, 0.29) is 0 Å². The van der Waals surface area contributed by atoms with Crippen molar-refractivity contribution in [1.29, 1.82) is 0 Å². The predicted octanol–water partition coefficient (Wildman–Crippen LogP) is 1.63. The van der Waals surface area contributed by atoms with Crippen molar-refractivity contribution in [3.8, 4) is 0 Å². The summed E-state index contributed by atoms with van der Waals surface area (Å²) in [4.78, 5) is 0. The van der Waals surface area contributed by atoms with Crippen molar-refractivity contribution in [1.82, 2.24) is 4.57 Å². The molecule has 0 saturated carbocycles. The van der Waals surface area contributed by atoms with Gasteiger partial charge < -0.3 is 4.57 Å². The number of aromatic nitrogens is 1. The van der Waals surface area contributed by atoms with Gasteiger partial charge in [-0.05, 0) is 34.7 Å². The summed E-state index contributed by atoms with van der Waals surface area (Å²) in [5, 5.41) is 0. The zero-order valence-electron chi connectivity index (χ0n) is 4.06. The molecule has 38 valence electrons. The maximum Gasteiger partial charge on any atom is 0.0795 e. The Kier molecular flexibility index (Phi) is 1.37. The molecule has 2 heteroatoms. The number of hydrogen-bond donors (Lipinski definition) is 0. The van der Waals surface area contributed by atoms with Gasteiger partial charge >= 0.3 is 0 Å². The molecule has 0 fully saturated rings. The van der Waals surface area contributed by atoms with Crippen molar-refractivity contribution in [2.75, 3.05) is 0 Å². The Morgan fingerprint density at radius 1 is 1.71 bits per heavy atom. The summed E-state index contributed by atoms with van der Waals surface area (Å²) in [6, 6.07) is 4.10. The molecule has 0 bridgehead atoms. The lowest BCUT2D eigenvalue weighted by Gasteiger charge is -1.87. The van der Waals surface area contributed by atoms with E-state index in [1.54, 1.807) is 0 Å². The highest BCUT2D eigenvalue weighted by molar-refractivity contribution is 14.1. The summed E-state index contributed by atoms with van der Waals surface area (Å²) in [5.74, 6) is 0. The first-order valence-corrected chi connectivity index (χ1v) is 3.15. The monoisotopic (exact) mass is 207 g/mol. The molecule has 0 spiro atoms. The first-order chi connectivity index (χ1) is 3.30. The summed E-state index contributed by atoms with van der Waals surface area (Å²) in [7, 11) is 2.03. The number of halogens is 1. The van der Waals surface area contributed by atoms with Crippen molar-refractivity contribution in [3.63, 3.8) is 0 Å². The lowest BCUT2D eigenvalue weighted by atomic mass is 10.7. The van der Waals surface area contributed by atoms with Crippen LogP contribution in [0.5, 0.6) is 0 Å². The van der Waals surface area contributed by atoms with Gasteiger partial charge in [0.2, 0.25) is 0 Å².